The van der Waals surface area contributed by atoms with Crippen LogP contribution in [0.3, 0.4) is 0 Å². The smallest absolute Gasteiger partial charge is 0.326 e. The van der Waals surface area contributed by atoms with Crippen molar-refractivity contribution in [1.29, 1.82) is 0 Å². The lowest BCUT2D eigenvalue weighted by Gasteiger charge is -2.27. The molecule has 10 nitrogen and oxygen atoms in total. The Balaban J connectivity index is 2.81. The minimum atomic E-state index is -1.20. The highest BCUT2D eigenvalue weighted by Gasteiger charge is 2.31. The van der Waals surface area contributed by atoms with Crippen molar-refractivity contribution in [3.05, 3.63) is 35.9 Å². The van der Waals surface area contributed by atoms with E-state index < -0.39 is 54.0 Å². The normalized spacial score (nSPS) is 16.6. The molecular weight excluding hydrogens is 416 g/mol. The molecule has 6 unspecified atom stereocenters. The first-order valence-electron chi connectivity index (χ1n) is 10.6. The number of amides is 3. The van der Waals surface area contributed by atoms with Gasteiger partial charge in [0.15, 0.2) is 0 Å². The number of rotatable bonds is 12. The van der Waals surface area contributed by atoms with Gasteiger partial charge in [-0.15, -0.1) is 0 Å². The van der Waals surface area contributed by atoms with E-state index in [9.17, 15) is 29.4 Å². The van der Waals surface area contributed by atoms with Gasteiger partial charge in [0, 0.05) is 6.42 Å². The largest absolute Gasteiger partial charge is 0.480 e. The van der Waals surface area contributed by atoms with E-state index in [4.69, 9.17) is 5.73 Å². The predicted octanol–water partition coefficient (Wildman–Crippen LogP) is -0.458. The number of carboxylic acid groups (broad SMARTS) is 1. The van der Waals surface area contributed by atoms with Crippen molar-refractivity contribution in [3.63, 3.8) is 0 Å². The highest BCUT2D eigenvalue weighted by molar-refractivity contribution is 5.94. The summed E-state index contributed by atoms with van der Waals surface area (Å²) in [5, 5.41) is 26.4. The zero-order chi connectivity index (χ0) is 24.4. The Hall–Kier alpha value is -2.98. The number of hydrogen-bond donors (Lipinski definition) is 6. The summed E-state index contributed by atoms with van der Waals surface area (Å²) >= 11 is 0. The Kier molecular flexibility index (Phi) is 10.8. The molecule has 0 radical (unpaired) electrons. The zero-order valence-electron chi connectivity index (χ0n) is 18.9. The molecule has 0 saturated heterocycles. The first-order chi connectivity index (χ1) is 15.0. The van der Waals surface area contributed by atoms with Crippen molar-refractivity contribution in [2.24, 2.45) is 11.7 Å². The third kappa shape index (κ3) is 8.27. The summed E-state index contributed by atoms with van der Waals surface area (Å²) < 4.78 is 0. The number of nitrogens with two attached hydrogens (primary N) is 1. The lowest BCUT2D eigenvalue weighted by molar-refractivity contribution is -0.142. The first-order valence-corrected chi connectivity index (χ1v) is 10.6. The Bertz CT molecular complexity index is 786. The van der Waals surface area contributed by atoms with Gasteiger partial charge in [0.05, 0.1) is 6.10 Å². The number of carbonyl (C=O) groups is 4. The Labute approximate surface area is 187 Å². The molecule has 0 spiro atoms. The van der Waals surface area contributed by atoms with Crippen LogP contribution in [0.25, 0.3) is 0 Å². The van der Waals surface area contributed by atoms with Crippen LogP contribution in [0.2, 0.25) is 0 Å². The molecule has 1 aromatic rings. The summed E-state index contributed by atoms with van der Waals surface area (Å²) in [5.74, 6) is -3.44. The van der Waals surface area contributed by atoms with Gasteiger partial charge in [0.1, 0.15) is 24.2 Å². The van der Waals surface area contributed by atoms with Crippen molar-refractivity contribution in [3.8, 4) is 0 Å². The summed E-state index contributed by atoms with van der Waals surface area (Å²) in [6.07, 6.45) is -0.454. The quantitative estimate of drug-likeness (QED) is 0.250. The van der Waals surface area contributed by atoms with Gasteiger partial charge in [0.2, 0.25) is 17.7 Å². The average Bonchev–Trinajstić information content (AvgIpc) is 2.75. The number of aliphatic carboxylic acids is 1. The molecule has 7 N–H and O–H groups in total. The van der Waals surface area contributed by atoms with Crippen molar-refractivity contribution < 1.29 is 29.4 Å². The molecule has 3 amide bonds. The maximum absolute atomic E-state index is 12.8. The molecule has 1 aromatic carbocycles. The van der Waals surface area contributed by atoms with Gasteiger partial charge in [-0.25, -0.2) is 4.79 Å². The van der Waals surface area contributed by atoms with Crippen LogP contribution >= 0.6 is 0 Å². The molecule has 0 fully saturated rings. The molecule has 32 heavy (non-hydrogen) atoms. The van der Waals surface area contributed by atoms with Crippen LogP contribution in [0.1, 0.15) is 39.7 Å². The Morgan fingerprint density at radius 3 is 2.03 bits per heavy atom. The predicted molar refractivity (Wildman–Crippen MR) is 118 cm³/mol. The van der Waals surface area contributed by atoms with E-state index >= 15 is 0 Å². The van der Waals surface area contributed by atoms with Crippen LogP contribution in [-0.2, 0) is 25.6 Å². The van der Waals surface area contributed by atoms with Gasteiger partial charge < -0.3 is 31.9 Å². The highest BCUT2D eigenvalue weighted by atomic mass is 16.4. The van der Waals surface area contributed by atoms with E-state index in [1.165, 1.54) is 13.8 Å². The molecule has 178 valence electrons. The fourth-order valence-corrected chi connectivity index (χ4v) is 2.89. The second-order valence-corrected chi connectivity index (χ2v) is 7.96. The lowest BCUT2D eigenvalue weighted by Crippen LogP contribution is -2.59. The number of aliphatic hydroxyl groups is 1. The third-order valence-corrected chi connectivity index (χ3v) is 5.26. The average molecular weight is 451 g/mol. The molecule has 0 saturated carbocycles. The summed E-state index contributed by atoms with van der Waals surface area (Å²) in [5.41, 5.74) is 6.37. The molecule has 0 aliphatic rings. The molecule has 6 atom stereocenters. The standard InChI is InChI=1S/C22H34N4O6/c1-5-12(2)18(26-20(29)17(23)14(4)27)21(30)24-13(3)19(28)25-16(22(31)32)11-15-9-7-6-8-10-15/h6-10,12-14,16-18,27H,5,11,23H2,1-4H3,(H,24,30)(H,25,28)(H,26,29)(H,31,32). The molecule has 0 aliphatic heterocycles. The van der Waals surface area contributed by atoms with Gasteiger partial charge in [-0.05, 0) is 25.3 Å². The van der Waals surface area contributed by atoms with Crippen LogP contribution < -0.4 is 21.7 Å². The summed E-state index contributed by atoms with van der Waals surface area (Å²) in [6, 6.07) is 4.45. The molecular formula is C22H34N4O6. The molecule has 10 heteroatoms. The number of hydrogen-bond acceptors (Lipinski definition) is 6. The van der Waals surface area contributed by atoms with Crippen LogP contribution in [0.15, 0.2) is 30.3 Å². The van der Waals surface area contributed by atoms with E-state index in [1.54, 1.807) is 37.3 Å². The van der Waals surface area contributed by atoms with Crippen LogP contribution in [0.4, 0.5) is 0 Å². The second kappa shape index (κ2) is 12.8. The lowest BCUT2D eigenvalue weighted by atomic mass is 9.97. The number of nitrogens with one attached hydrogen (secondary N) is 3. The number of carboxylic acids is 1. The molecule has 0 aliphatic carbocycles. The van der Waals surface area contributed by atoms with Gasteiger partial charge in [-0.3, -0.25) is 14.4 Å². The maximum atomic E-state index is 12.8. The Morgan fingerprint density at radius 2 is 1.53 bits per heavy atom. The van der Waals surface area contributed by atoms with Gasteiger partial charge >= 0.3 is 5.97 Å². The number of carbonyl (C=O) groups excluding carboxylic acids is 3. The van der Waals surface area contributed by atoms with Crippen LogP contribution in [0.5, 0.6) is 0 Å². The third-order valence-electron chi connectivity index (χ3n) is 5.26. The van der Waals surface area contributed by atoms with Crippen molar-refractivity contribution in [1.82, 2.24) is 16.0 Å². The Morgan fingerprint density at radius 1 is 0.938 bits per heavy atom. The SMILES string of the molecule is CCC(C)C(NC(=O)C(N)C(C)O)C(=O)NC(C)C(=O)NC(Cc1ccccc1)C(=O)O. The van der Waals surface area contributed by atoms with E-state index in [-0.39, 0.29) is 12.3 Å². The van der Waals surface area contributed by atoms with Gasteiger partial charge in [-0.1, -0.05) is 50.6 Å². The number of aliphatic hydroxyl groups excluding tert-OH is 1. The van der Waals surface area contributed by atoms with E-state index in [0.717, 1.165) is 5.56 Å². The summed E-state index contributed by atoms with van der Waals surface area (Å²) in [4.78, 5) is 49.1. The zero-order valence-corrected chi connectivity index (χ0v) is 18.9. The van der Waals surface area contributed by atoms with E-state index in [0.29, 0.717) is 6.42 Å². The van der Waals surface area contributed by atoms with Gasteiger partial charge in [-0.2, -0.15) is 0 Å². The maximum Gasteiger partial charge on any atom is 0.326 e. The molecule has 0 aromatic heterocycles. The highest BCUT2D eigenvalue weighted by Crippen LogP contribution is 2.09. The first kappa shape index (κ1) is 27.1. The minimum Gasteiger partial charge on any atom is -0.480 e. The topological polar surface area (TPSA) is 171 Å². The van der Waals surface area contributed by atoms with Crippen molar-refractivity contribution in [2.75, 3.05) is 0 Å². The van der Waals surface area contributed by atoms with Crippen LogP contribution in [0, 0.1) is 5.92 Å². The van der Waals surface area contributed by atoms with Crippen LogP contribution in [-0.4, -0.2) is 64.2 Å². The summed E-state index contributed by atoms with van der Waals surface area (Å²) in [6.45, 7) is 6.38. The minimum absolute atomic E-state index is 0.0887. The summed E-state index contributed by atoms with van der Waals surface area (Å²) in [7, 11) is 0. The fraction of sp³-hybridized carbons (Fsp3) is 0.545. The van der Waals surface area contributed by atoms with E-state index in [1.807, 2.05) is 6.92 Å². The monoisotopic (exact) mass is 450 g/mol. The van der Waals surface area contributed by atoms with Gasteiger partial charge in [0.25, 0.3) is 0 Å². The second-order valence-electron chi connectivity index (χ2n) is 7.96. The fourth-order valence-electron chi connectivity index (χ4n) is 2.89. The molecule has 0 heterocycles. The number of benzene rings is 1. The van der Waals surface area contributed by atoms with Crippen molar-refractivity contribution >= 4 is 23.7 Å². The molecule has 1 rings (SSSR count). The van der Waals surface area contributed by atoms with Crippen molar-refractivity contribution in [2.45, 2.75) is 70.8 Å². The van der Waals surface area contributed by atoms with E-state index in [2.05, 4.69) is 16.0 Å². The molecule has 0 bridgehead atoms.